The summed E-state index contributed by atoms with van der Waals surface area (Å²) in [6.07, 6.45) is 7.15. The molecule has 1 aromatic heterocycles. The summed E-state index contributed by atoms with van der Waals surface area (Å²) in [5.41, 5.74) is 5.62. The van der Waals surface area contributed by atoms with Crippen molar-refractivity contribution in [2.75, 3.05) is 18.8 Å². The minimum atomic E-state index is 0.590. The lowest BCUT2D eigenvalue weighted by atomic mass is 9.75. The third-order valence-electron chi connectivity index (χ3n) is 4.22. The maximum Gasteiger partial charge on any atom is 0.203 e. The first-order chi connectivity index (χ1) is 8.31. The van der Waals surface area contributed by atoms with Gasteiger partial charge in [0.25, 0.3) is 0 Å². The number of hydrogen-bond donors (Lipinski definition) is 1. The van der Waals surface area contributed by atoms with Crippen molar-refractivity contribution in [2.24, 2.45) is 11.8 Å². The van der Waals surface area contributed by atoms with Crippen molar-refractivity contribution in [3.63, 3.8) is 0 Å². The standard InChI is InChI=1S/C12H20N4S/c13-12-15-14-11(17-12)8-16-6-5-9-3-1-2-4-10(9)7-16/h9-10H,1-8H2,(H2,13,15). The van der Waals surface area contributed by atoms with Gasteiger partial charge in [-0.15, -0.1) is 10.2 Å². The fourth-order valence-corrected chi connectivity index (χ4v) is 3.99. The average molecular weight is 252 g/mol. The molecule has 0 radical (unpaired) electrons. The Kier molecular flexibility index (Phi) is 3.29. The Hall–Kier alpha value is -0.680. The molecule has 0 spiro atoms. The molecule has 2 aliphatic rings. The van der Waals surface area contributed by atoms with Gasteiger partial charge in [-0.25, -0.2) is 0 Å². The molecule has 0 amide bonds. The molecule has 2 N–H and O–H groups in total. The lowest BCUT2D eigenvalue weighted by molar-refractivity contribution is 0.0819. The predicted molar refractivity (Wildman–Crippen MR) is 69.7 cm³/mol. The minimum Gasteiger partial charge on any atom is -0.374 e. The van der Waals surface area contributed by atoms with Crippen molar-refractivity contribution in [1.29, 1.82) is 0 Å². The van der Waals surface area contributed by atoms with E-state index in [0.717, 1.165) is 23.4 Å². The molecule has 1 aliphatic heterocycles. The van der Waals surface area contributed by atoms with Gasteiger partial charge >= 0.3 is 0 Å². The zero-order valence-corrected chi connectivity index (χ0v) is 11.0. The number of piperidine rings is 1. The molecule has 2 unspecified atom stereocenters. The molecule has 4 nitrogen and oxygen atoms in total. The first-order valence-electron chi connectivity index (χ1n) is 6.61. The molecule has 5 heteroatoms. The van der Waals surface area contributed by atoms with Crippen molar-refractivity contribution in [1.82, 2.24) is 15.1 Å². The molecule has 2 fully saturated rings. The van der Waals surface area contributed by atoms with E-state index in [4.69, 9.17) is 5.73 Å². The molecule has 2 heterocycles. The van der Waals surface area contributed by atoms with Crippen LogP contribution in [0.1, 0.15) is 37.1 Å². The molecular formula is C12H20N4S. The lowest BCUT2D eigenvalue weighted by Gasteiger charge is -2.41. The molecule has 1 saturated heterocycles. The van der Waals surface area contributed by atoms with Crippen molar-refractivity contribution < 1.29 is 0 Å². The Bertz CT molecular complexity index is 378. The summed E-state index contributed by atoms with van der Waals surface area (Å²) < 4.78 is 0. The molecule has 3 rings (SSSR count). The lowest BCUT2D eigenvalue weighted by Crippen LogP contribution is -2.41. The zero-order chi connectivity index (χ0) is 11.7. The number of rotatable bonds is 2. The smallest absolute Gasteiger partial charge is 0.203 e. The van der Waals surface area contributed by atoms with Gasteiger partial charge in [0.2, 0.25) is 5.13 Å². The van der Waals surface area contributed by atoms with Crippen LogP contribution >= 0.6 is 11.3 Å². The predicted octanol–water partition coefficient (Wildman–Crippen LogP) is 2.13. The van der Waals surface area contributed by atoms with E-state index in [1.165, 1.54) is 56.5 Å². The minimum absolute atomic E-state index is 0.590. The molecule has 1 aliphatic carbocycles. The molecule has 94 valence electrons. The first kappa shape index (κ1) is 11.4. The van der Waals surface area contributed by atoms with E-state index in [9.17, 15) is 0 Å². The zero-order valence-electron chi connectivity index (χ0n) is 10.1. The fourth-order valence-electron chi connectivity index (χ4n) is 3.34. The normalized spacial score (nSPS) is 30.1. The highest BCUT2D eigenvalue weighted by Gasteiger charge is 2.31. The second kappa shape index (κ2) is 4.90. The summed E-state index contributed by atoms with van der Waals surface area (Å²) in [6, 6.07) is 0. The number of anilines is 1. The van der Waals surface area contributed by atoms with Crippen LogP contribution in [0.2, 0.25) is 0 Å². The van der Waals surface area contributed by atoms with E-state index in [1.807, 2.05) is 0 Å². The summed E-state index contributed by atoms with van der Waals surface area (Å²) >= 11 is 1.52. The first-order valence-corrected chi connectivity index (χ1v) is 7.43. The summed E-state index contributed by atoms with van der Waals surface area (Å²) in [5.74, 6) is 1.93. The van der Waals surface area contributed by atoms with Crippen LogP contribution in [0.3, 0.4) is 0 Å². The van der Waals surface area contributed by atoms with Crippen molar-refractivity contribution in [3.05, 3.63) is 5.01 Å². The van der Waals surface area contributed by atoms with Crippen LogP contribution < -0.4 is 5.73 Å². The number of aromatic nitrogens is 2. The van der Waals surface area contributed by atoms with E-state index in [1.54, 1.807) is 0 Å². The number of likely N-dealkylation sites (tertiary alicyclic amines) is 1. The topological polar surface area (TPSA) is 55.0 Å². The van der Waals surface area contributed by atoms with Crippen LogP contribution in [0.25, 0.3) is 0 Å². The maximum atomic E-state index is 5.62. The van der Waals surface area contributed by atoms with E-state index in [-0.39, 0.29) is 0 Å². The largest absolute Gasteiger partial charge is 0.374 e. The third-order valence-corrected chi connectivity index (χ3v) is 4.95. The summed E-state index contributed by atoms with van der Waals surface area (Å²) in [7, 11) is 0. The molecule has 17 heavy (non-hydrogen) atoms. The highest BCUT2D eigenvalue weighted by Crippen LogP contribution is 2.36. The quantitative estimate of drug-likeness (QED) is 0.876. The molecular weight excluding hydrogens is 232 g/mol. The second-order valence-corrected chi connectivity index (χ2v) is 6.46. The van der Waals surface area contributed by atoms with Gasteiger partial charge in [0.15, 0.2) is 0 Å². The number of nitrogen functional groups attached to an aromatic ring is 1. The Morgan fingerprint density at radius 1 is 1.18 bits per heavy atom. The van der Waals surface area contributed by atoms with E-state index in [0.29, 0.717) is 5.13 Å². The van der Waals surface area contributed by atoms with Gasteiger partial charge in [0.05, 0.1) is 6.54 Å². The average Bonchev–Trinajstić information content (AvgIpc) is 2.75. The van der Waals surface area contributed by atoms with E-state index in [2.05, 4.69) is 15.1 Å². The van der Waals surface area contributed by atoms with Crippen LogP contribution in [0.5, 0.6) is 0 Å². The van der Waals surface area contributed by atoms with Gasteiger partial charge in [0.1, 0.15) is 5.01 Å². The SMILES string of the molecule is Nc1nnc(CN2CCC3CCCCC3C2)s1. The third kappa shape index (κ3) is 2.60. The summed E-state index contributed by atoms with van der Waals surface area (Å²) in [5, 5.41) is 9.66. The molecule has 0 bridgehead atoms. The van der Waals surface area contributed by atoms with Crippen LogP contribution in [0.4, 0.5) is 5.13 Å². The van der Waals surface area contributed by atoms with E-state index >= 15 is 0 Å². The van der Waals surface area contributed by atoms with Crippen molar-refractivity contribution in [3.8, 4) is 0 Å². The fraction of sp³-hybridized carbons (Fsp3) is 0.833. The highest BCUT2D eigenvalue weighted by molar-refractivity contribution is 7.15. The summed E-state index contributed by atoms with van der Waals surface area (Å²) in [4.78, 5) is 2.53. The van der Waals surface area contributed by atoms with Gasteiger partial charge < -0.3 is 5.73 Å². The van der Waals surface area contributed by atoms with Gasteiger partial charge in [-0.3, -0.25) is 4.90 Å². The van der Waals surface area contributed by atoms with Gasteiger partial charge in [-0.2, -0.15) is 0 Å². The van der Waals surface area contributed by atoms with Gasteiger partial charge in [0, 0.05) is 6.54 Å². The monoisotopic (exact) mass is 252 g/mol. The number of fused-ring (bicyclic) bond motifs is 1. The van der Waals surface area contributed by atoms with Crippen LogP contribution in [0, 0.1) is 11.8 Å². The second-order valence-electron chi connectivity index (χ2n) is 5.36. The highest BCUT2D eigenvalue weighted by atomic mass is 32.1. The van der Waals surface area contributed by atoms with Crippen LogP contribution in [0.15, 0.2) is 0 Å². The number of nitrogens with zero attached hydrogens (tertiary/aromatic N) is 3. The molecule has 1 aromatic rings. The van der Waals surface area contributed by atoms with Crippen molar-refractivity contribution >= 4 is 16.5 Å². The molecule has 2 atom stereocenters. The Morgan fingerprint density at radius 2 is 2.00 bits per heavy atom. The Labute approximate surface area is 106 Å². The van der Waals surface area contributed by atoms with Crippen LogP contribution in [-0.2, 0) is 6.54 Å². The molecule has 0 aromatic carbocycles. The van der Waals surface area contributed by atoms with Crippen LogP contribution in [-0.4, -0.2) is 28.2 Å². The van der Waals surface area contributed by atoms with Crippen molar-refractivity contribution in [2.45, 2.75) is 38.6 Å². The maximum absolute atomic E-state index is 5.62. The van der Waals surface area contributed by atoms with Gasteiger partial charge in [-0.05, 0) is 31.2 Å². The van der Waals surface area contributed by atoms with Gasteiger partial charge in [-0.1, -0.05) is 30.6 Å². The van der Waals surface area contributed by atoms with E-state index < -0.39 is 0 Å². The molecule has 1 saturated carbocycles. The number of hydrogen-bond acceptors (Lipinski definition) is 5. The Balaban J connectivity index is 1.58. The summed E-state index contributed by atoms with van der Waals surface area (Å²) in [6.45, 7) is 3.42. The Morgan fingerprint density at radius 3 is 2.76 bits per heavy atom. The number of nitrogens with two attached hydrogens (primary N) is 1.